The molecule has 0 bridgehead atoms. The Hall–Kier alpha value is -1.85. The molecule has 0 aliphatic heterocycles. The fourth-order valence-electron chi connectivity index (χ4n) is 7.31. The number of carbonyl (C=O) groups is 2. The maximum absolute atomic E-state index is 11.7. The van der Waals surface area contributed by atoms with Crippen LogP contribution in [0.15, 0.2) is 16.8 Å². The number of esters is 2. The van der Waals surface area contributed by atoms with E-state index in [-0.39, 0.29) is 35.0 Å². The van der Waals surface area contributed by atoms with E-state index in [1.54, 1.807) is 7.11 Å². The number of hydrogen-bond acceptors (Lipinski definition) is 6. The van der Waals surface area contributed by atoms with Crippen LogP contribution in [0, 0.1) is 28.6 Å². The standard InChI is InChI=1S/C24H35NO5/c1-14(26)29-17-8-10-23(3)16(12-17)6-7-18-19(23)9-11-24(4)20(18)13-21(30-15(2)27)22(24)25-28-5/h6,17-21H,7-13H2,1-5H3/b25-22-/t17-,18+,19-,20-,21-,23-,24-/m0/s1. The predicted octanol–water partition coefficient (Wildman–Crippen LogP) is 4.42. The van der Waals surface area contributed by atoms with Crippen LogP contribution in [0.1, 0.15) is 72.6 Å². The lowest BCUT2D eigenvalue weighted by Gasteiger charge is -2.57. The number of nitrogens with zero attached hydrogens (tertiary/aromatic N) is 1. The topological polar surface area (TPSA) is 74.2 Å². The van der Waals surface area contributed by atoms with Gasteiger partial charge in [0.15, 0.2) is 0 Å². The van der Waals surface area contributed by atoms with Crippen LogP contribution < -0.4 is 0 Å². The van der Waals surface area contributed by atoms with Crippen molar-refractivity contribution in [3.8, 4) is 0 Å². The van der Waals surface area contributed by atoms with Crippen LogP contribution in [-0.2, 0) is 23.9 Å². The van der Waals surface area contributed by atoms with Gasteiger partial charge in [-0.2, -0.15) is 0 Å². The maximum atomic E-state index is 11.7. The van der Waals surface area contributed by atoms with Gasteiger partial charge in [0.1, 0.15) is 25.0 Å². The summed E-state index contributed by atoms with van der Waals surface area (Å²) in [6, 6.07) is 0. The molecule has 3 fully saturated rings. The van der Waals surface area contributed by atoms with Gasteiger partial charge in [0.2, 0.25) is 0 Å². The molecular weight excluding hydrogens is 382 g/mol. The van der Waals surface area contributed by atoms with Gasteiger partial charge in [-0.25, -0.2) is 0 Å². The Bertz CT molecular complexity index is 788. The molecule has 7 atom stereocenters. The highest BCUT2D eigenvalue weighted by atomic mass is 16.6. The monoisotopic (exact) mass is 417 g/mol. The van der Waals surface area contributed by atoms with Crippen molar-refractivity contribution in [2.24, 2.45) is 33.7 Å². The normalized spacial score (nSPS) is 43.7. The minimum absolute atomic E-state index is 0.0208. The quantitative estimate of drug-likeness (QED) is 0.386. The van der Waals surface area contributed by atoms with Crippen molar-refractivity contribution < 1.29 is 23.9 Å². The summed E-state index contributed by atoms with van der Waals surface area (Å²) >= 11 is 0. The van der Waals surface area contributed by atoms with Crippen molar-refractivity contribution in [3.63, 3.8) is 0 Å². The molecule has 4 rings (SSSR count). The van der Waals surface area contributed by atoms with E-state index in [4.69, 9.17) is 14.3 Å². The summed E-state index contributed by atoms with van der Waals surface area (Å²) in [5, 5.41) is 4.36. The Balaban J connectivity index is 1.61. The van der Waals surface area contributed by atoms with Crippen LogP contribution in [-0.4, -0.2) is 37.0 Å². The van der Waals surface area contributed by atoms with E-state index in [2.05, 4.69) is 25.1 Å². The summed E-state index contributed by atoms with van der Waals surface area (Å²) < 4.78 is 11.2. The van der Waals surface area contributed by atoms with Gasteiger partial charge in [0.05, 0.1) is 0 Å². The zero-order valence-electron chi connectivity index (χ0n) is 18.9. The van der Waals surface area contributed by atoms with Gasteiger partial charge < -0.3 is 14.3 Å². The highest BCUT2D eigenvalue weighted by molar-refractivity contribution is 5.97. The van der Waals surface area contributed by atoms with Crippen LogP contribution in [0.4, 0.5) is 0 Å². The van der Waals surface area contributed by atoms with Gasteiger partial charge in [-0.3, -0.25) is 9.59 Å². The molecule has 0 unspecified atom stereocenters. The molecule has 0 saturated heterocycles. The van der Waals surface area contributed by atoms with Crippen molar-refractivity contribution >= 4 is 17.7 Å². The second-order valence-electron chi connectivity index (χ2n) is 10.2. The fourth-order valence-corrected chi connectivity index (χ4v) is 7.31. The van der Waals surface area contributed by atoms with Gasteiger partial charge >= 0.3 is 11.9 Å². The molecular formula is C24H35NO5. The van der Waals surface area contributed by atoms with Crippen LogP contribution >= 0.6 is 0 Å². The van der Waals surface area contributed by atoms with Crippen LogP contribution in [0.2, 0.25) is 0 Å². The summed E-state index contributed by atoms with van der Waals surface area (Å²) in [4.78, 5) is 28.3. The van der Waals surface area contributed by atoms with E-state index in [1.807, 2.05) is 0 Å². The molecule has 3 saturated carbocycles. The smallest absolute Gasteiger partial charge is 0.303 e. The van der Waals surface area contributed by atoms with Crippen LogP contribution in [0.25, 0.3) is 0 Å². The lowest BCUT2D eigenvalue weighted by Crippen LogP contribution is -2.50. The number of fused-ring (bicyclic) bond motifs is 5. The number of oxime groups is 1. The Morgan fingerprint density at radius 1 is 1.03 bits per heavy atom. The summed E-state index contributed by atoms with van der Waals surface area (Å²) in [5.41, 5.74) is 2.46. The van der Waals surface area contributed by atoms with E-state index >= 15 is 0 Å². The Kier molecular flexibility index (Phi) is 5.48. The maximum Gasteiger partial charge on any atom is 0.303 e. The molecule has 0 spiro atoms. The molecule has 0 amide bonds. The Morgan fingerprint density at radius 2 is 1.73 bits per heavy atom. The molecule has 6 nitrogen and oxygen atoms in total. The number of carbonyl (C=O) groups excluding carboxylic acids is 2. The predicted molar refractivity (Wildman–Crippen MR) is 113 cm³/mol. The lowest BCUT2D eigenvalue weighted by atomic mass is 9.48. The molecule has 30 heavy (non-hydrogen) atoms. The second-order valence-corrected chi connectivity index (χ2v) is 10.2. The van der Waals surface area contributed by atoms with Crippen molar-refractivity contribution in [3.05, 3.63) is 11.6 Å². The summed E-state index contributed by atoms with van der Waals surface area (Å²) in [7, 11) is 1.57. The summed E-state index contributed by atoms with van der Waals surface area (Å²) in [6.07, 6.45) is 9.07. The van der Waals surface area contributed by atoms with Gasteiger partial charge in [-0.05, 0) is 61.7 Å². The highest BCUT2D eigenvalue weighted by Crippen LogP contribution is 2.64. The largest absolute Gasteiger partial charge is 0.462 e. The fraction of sp³-hybridized carbons (Fsp3) is 0.792. The highest BCUT2D eigenvalue weighted by Gasteiger charge is 2.61. The van der Waals surface area contributed by atoms with E-state index in [1.165, 1.54) is 19.4 Å². The average Bonchev–Trinajstić information content (AvgIpc) is 2.93. The molecule has 0 aromatic carbocycles. The first-order chi connectivity index (χ1) is 14.2. The number of allylic oxidation sites excluding steroid dienone is 1. The van der Waals surface area contributed by atoms with E-state index in [0.29, 0.717) is 17.8 Å². The van der Waals surface area contributed by atoms with Crippen molar-refractivity contribution in [2.45, 2.75) is 84.8 Å². The van der Waals surface area contributed by atoms with E-state index in [0.717, 1.165) is 50.7 Å². The molecule has 0 N–H and O–H groups in total. The minimum Gasteiger partial charge on any atom is -0.462 e. The van der Waals surface area contributed by atoms with Crippen molar-refractivity contribution in [2.75, 3.05) is 7.11 Å². The molecule has 166 valence electrons. The van der Waals surface area contributed by atoms with E-state index < -0.39 is 0 Å². The third-order valence-electron chi connectivity index (χ3n) is 8.64. The zero-order valence-corrected chi connectivity index (χ0v) is 18.9. The lowest BCUT2D eigenvalue weighted by molar-refractivity contribution is -0.148. The van der Waals surface area contributed by atoms with Crippen molar-refractivity contribution in [1.82, 2.24) is 0 Å². The first kappa shape index (κ1) is 21.4. The molecule has 0 heterocycles. The number of hydrogen-bond donors (Lipinski definition) is 0. The SMILES string of the molecule is CO/N=C1/[C@@H](OC(C)=O)C[C@H]2[C@@H]3CC=C4C[C@@H](OC(C)=O)CC[C@]4(C)[C@H]3CC[C@]12C. The van der Waals surface area contributed by atoms with E-state index in [9.17, 15) is 9.59 Å². The molecule has 4 aliphatic rings. The van der Waals surface area contributed by atoms with Crippen LogP contribution in [0.5, 0.6) is 0 Å². The van der Waals surface area contributed by atoms with Crippen LogP contribution in [0.3, 0.4) is 0 Å². The zero-order chi connectivity index (χ0) is 21.7. The van der Waals surface area contributed by atoms with Gasteiger partial charge in [0.25, 0.3) is 0 Å². The minimum atomic E-state index is -0.283. The number of ether oxygens (including phenoxy) is 2. The average molecular weight is 418 g/mol. The first-order valence-electron chi connectivity index (χ1n) is 11.3. The first-order valence-corrected chi connectivity index (χ1v) is 11.3. The molecule has 0 radical (unpaired) electrons. The molecule has 0 aromatic rings. The van der Waals surface area contributed by atoms with Gasteiger partial charge in [-0.15, -0.1) is 0 Å². The van der Waals surface area contributed by atoms with Gasteiger partial charge in [0, 0.05) is 25.7 Å². The second kappa shape index (κ2) is 7.69. The van der Waals surface area contributed by atoms with Gasteiger partial charge in [-0.1, -0.05) is 30.7 Å². The third kappa shape index (κ3) is 3.36. The third-order valence-corrected chi connectivity index (χ3v) is 8.64. The Labute approximate surface area is 179 Å². The Morgan fingerprint density at radius 3 is 2.40 bits per heavy atom. The molecule has 4 aliphatic carbocycles. The number of rotatable bonds is 3. The molecule has 0 aromatic heterocycles. The summed E-state index contributed by atoms with van der Waals surface area (Å²) in [6.45, 7) is 7.68. The molecule has 6 heteroatoms. The van der Waals surface area contributed by atoms with Crippen molar-refractivity contribution in [1.29, 1.82) is 0 Å². The summed E-state index contributed by atoms with van der Waals surface area (Å²) in [5.74, 6) is 1.14.